The van der Waals surface area contributed by atoms with Gasteiger partial charge in [0.2, 0.25) is 0 Å². The van der Waals surface area contributed by atoms with Crippen LogP contribution in [0.25, 0.3) is 10.7 Å². The number of nitrogens with one attached hydrogen (secondary N) is 1. The smallest absolute Gasteiger partial charge is 0.141 e. The summed E-state index contributed by atoms with van der Waals surface area (Å²) in [4.78, 5) is 9.66. The van der Waals surface area contributed by atoms with Crippen LogP contribution in [0.2, 0.25) is 0 Å². The second-order valence-corrected chi connectivity index (χ2v) is 4.17. The van der Waals surface area contributed by atoms with Crippen LogP contribution in [-0.4, -0.2) is 21.6 Å². The number of imidazole rings is 1. The lowest BCUT2D eigenvalue weighted by molar-refractivity contribution is 0.829. The van der Waals surface area contributed by atoms with Crippen molar-refractivity contribution in [2.24, 2.45) is 7.05 Å². The van der Waals surface area contributed by atoms with E-state index in [4.69, 9.17) is 0 Å². The first-order chi connectivity index (χ1) is 6.81. The SMILES string of the molecule is CNCc1cnc(-c2cncn2C)s1. The summed E-state index contributed by atoms with van der Waals surface area (Å²) in [6, 6.07) is 0. The molecule has 0 bridgehead atoms. The van der Waals surface area contributed by atoms with Crippen LogP contribution in [0.5, 0.6) is 0 Å². The molecule has 0 aliphatic carbocycles. The molecule has 0 unspecified atom stereocenters. The van der Waals surface area contributed by atoms with Gasteiger partial charge in [-0.2, -0.15) is 0 Å². The number of hydrogen-bond acceptors (Lipinski definition) is 4. The van der Waals surface area contributed by atoms with Crippen LogP contribution in [0.1, 0.15) is 4.88 Å². The van der Waals surface area contributed by atoms with E-state index in [-0.39, 0.29) is 0 Å². The van der Waals surface area contributed by atoms with E-state index in [9.17, 15) is 0 Å². The van der Waals surface area contributed by atoms with Crippen LogP contribution in [0.3, 0.4) is 0 Å². The maximum atomic E-state index is 4.36. The molecule has 2 heterocycles. The Morgan fingerprint density at radius 1 is 1.50 bits per heavy atom. The predicted octanol–water partition coefficient (Wildman–Crippen LogP) is 1.26. The third-order valence-corrected chi connectivity index (χ3v) is 2.96. The third-order valence-electron chi connectivity index (χ3n) is 1.94. The van der Waals surface area contributed by atoms with E-state index < -0.39 is 0 Å². The molecule has 2 aromatic rings. The molecule has 0 saturated carbocycles. The number of aryl methyl sites for hydroxylation is 1. The van der Waals surface area contributed by atoms with Crippen molar-refractivity contribution in [3.05, 3.63) is 23.6 Å². The number of rotatable bonds is 3. The first-order valence-corrected chi connectivity index (χ1v) is 5.19. The Kier molecular flexibility index (Phi) is 2.60. The van der Waals surface area contributed by atoms with Gasteiger partial charge in [-0.1, -0.05) is 0 Å². The molecule has 0 fully saturated rings. The van der Waals surface area contributed by atoms with Crippen LogP contribution in [0, 0.1) is 0 Å². The van der Waals surface area contributed by atoms with Gasteiger partial charge in [-0.3, -0.25) is 0 Å². The number of thiazole rings is 1. The molecular formula is C9H12N4S. The van der Waals surface area contributed by atoms with E-state index in [2.05, 4.69) is 15.3 Å². The van der Waals surface area contributed by atoms with Gasteiger partial charge in [-0.25, -0.2) is 9.97 Å². The van der Waals surface area contributed by atoms with Crippen molar-refractivity contribution < 1.29 is 0 Å². The topological polar surface area (TPSA) is 42.7 Å². The van der Waals surface area contributed by atoms with Crippen LogP contribution in [-0.2, 0) is 13.6 Å². The highest BCUT2D eigenvalue weighted by Gasteiger charge is 2.06. The molecule has 1 N–H and O–H groups in total. The monoisotopic (exact) mass is 208 g/mol. The summed E-state index contributed by atoms with van der Waals surface area (Å²) in [5, 5.41) is 4.13. The lowest BCUT2D eigenvalue weighted by Crippen LogP contribution is -2.02. The molecule has 4 nitrogen and oxygen atoms in total. The molecule has 5 heteroatoms. The van der Waals surface area contributed by atoms with Gasteiger partial charge in [-0.05, 0) is 7.05 Å². The minimum Gasteiger partial charge on any atom is -0.332 e. The number of hydrogen-bond donors (Lipinski definition) is 1. The Morgan fingerprint density at radius 3 is 3.00 bits per heavy atom. The van der Waals surface area contributed by atoms with Crippen molar-refractivity contribution in [2.45, 2.75) is 6.54 Å². The van der Waals surface area contributed by atoms with Gasteiger partial charge in [0.1, 0.15) is 5.01 Å². The summed E-state index contributed by atoms with van der Waals surface area (Å²) < 4.78 is 1.97. The van der Waals surface area contributed by atoms with E-state index in [1.165, 1.54) is 4.88 Å². The molecule has 74 valence electrons. The largest absolute Gasteiger partial charge is 0.332 e. The second kappa shape index (κ2) is 3.89. The average molecular weight is 208 g/mol. The zero-order valence-corrected chi connectivity index (χ0v) is 9.01. The Hall–Kier alpha value is -1.20. The van der Waals surface area contributed by atoms with Crippen molar-refractivity contribution in [3.8, 4) is 10.7 Å². The van der Waals surface area contributed by atoms with Gasteiger partial charge in [0.15, 0.2) is 0 Å². The number of nitrogens with zero attached hydrogens (tertiary/aromatic N) is 3. The molecule has 0 radical (unpaired) electrons. The van der Waals surface area contributed by atoms with E-state index in [0.29, 0.717) is 0 Å². The van der Waals surface area contributed by atoms with Gasteiger partial charge in [-0.15, -0.1) is 11.3 Å². The lowest BCUT2D eigenvalue weighted by Gasteiger charge is -1.95. The molecule has 0 aromatic carbocycles. The fraction of sp³-hybridized carbons (Fsp3) is 0.333. The van der Waals surface area contributed by atoms with Crippen LogP contribution < -0.4 is 5.32 Å². The Bertz CT molecular complexity index is 418. The zero-order chi connectivity index (χ0) is 9.97. The van der Waals surface area contributed by atoms with Crippen molar-refractivity contribution in [1.29, 1.82) is 0 Å². The van der Waals surface area contributed by atoms with Crippen molar-refractivity contribution in [2.75, 3.05) is 7.05 Å². The highest BCUT2D eigenvalue weighted by molar-refractivity contribution is 7.14. The van der Waals surface area contributed by atoms with Gasteiger partial charge < -0.3 is 9.88 Å². The summed E-state index contributed by atoms with van der Waals surface area (Å²) in [5.74, 6) is 0. The van der Waals surface area contributed by atoms with E-state index in [1.54, 1.807) is 17.7 Å². The van der Waals surface area contributed by atoms with E-state index in [0.717, 1.165) is 17.2 Å². The van der Waals surface area contributed by atoms with E-state index >= 15 is 0 Å². The molecular weight excluding hydrogens is 196 g/mol. The first-order valence-electron chi connectivity index (χ1n) is 4.37. The maximum Gasteiger partial charge on any atom is 0.141 e. The summed E-state index contributed by atoms with van der Waals surface area (Å²) in [5.41, 5.74) is 1.07. The normalized spacial score (nSPS) is 10.7. The van der Waals surface area contributed by atoms with Crippen LogP contribution >= 0.6 is 11.3 Å². The first kappa shape index (κ1) is 9.36. The van der Waals surface area contributed by atoms with Gasteiger partial charge in [0.25, 0.3) is 0 Å². The fourth-order valence-electron chi connectivity index (χ4n) is 1.25. The standard InChI is InChI=1S/C9H12N4S/c1-10-3-7-4-12-9(14-7)8-5-11-6-13(8)2/h4-6,10H,3H2,1-2H3. The number of aromatic nitrogens is 3. The molecule has 0 saturated heterocycles. The molecule has 0 spiro atoms. The van der Waals surface area contributed by atoms with Crippen LogP contribution in [0.4, 0.5) is 0 Å². The Balaban J connectivity index is 2.29. The molecule has 0 amide bonds. The molecule has 2 rings (SSSR count). The molecule has 0 atom stereocenters. The van der Waals surface area contributed by atoms with Crippen molar-refractivity contribution in [3.63, 3.8) is 0 Å². The predicted molar refractivity (Wildman–Crippen MR) is 57.1 cm³/mol. The van der Waals surface area contributed by atoms with Crippen molar-refractivity contribution >= 4 is 11.3 Å². The van der Waals surface area contributed by atoms with E-state index in [1.807, 2.05) is 31.1 Å². The quantitative estimate of drug-likeness (QED) is 0.826. The highest BCUT2D eigenvalue weighted by Crippen LogP contribution is 2.23. The molecule has 14 heavy (non-hydrogen) atoms. The zero-order valence-electron chi connectivity index (χ0n) is 8.19. The third kappa shape index (κ3) is 1.69. The average Bonchev–Trinajstić information content (AvgIpc) is 2.74. The Morgan fingerprint density at radius 2 is 2.36 bits per heavy atom. The van der Waals surface area contributed by atoms with Gasteiger partial charge in [0, 0.05) is 24.7 Å². The molecule has 2 aromatic heterocycles. The summed E-state index contributed by atoms with van der Waals surface area (Å²) in [6.45, 7) is 0.871. The summed E-state index contributed by atoms with van der Waals surface area (Å²) >= 11 is 1.69. The van der Waals surface area contributed by atoms with Gasteiger partial charge >= 0.3 is 0 Å². The highest BCUT2D eigenvalue weighted by atomic mass is 32.1. The maximum absolute atomic E-state index is 4.36. The van der Waals surface area contributed by atoms with Gasteiger partial charge in [0.05, 0.1) is 18.2 Å². The fourth-order valence-corrected chi connectivity index (χ4v) is 2.22. The van der Waals surface area contributed by atoms with Crippen molar-refractivity contribution in [1.82, 2.24) is 19.9 Å². The minimum atomic E-state index is 0.871. The summed E-state index contributed by atoms with van der Waals surface area (Å²) in [6.07, 6.45) is 5.53. The summed E-state index contributed by atoms with van der Waals surface area (Å²) in [7, 11) is 3.91. The molecule has 0 aliphatic heterocycles. The minimum absolute atomic E-state index is 0.871. The van der Waals surface area contributed by atoms with Crippen LogP contribution in [0.15, 0.2) is 18.7 Å². The lowest BCUT2D eigenvalue weighted by atomic mass is 10.5. The molecule has 0 aliphatic rings. The Labute approximate surface area is 86.6 Å². The second-order valence-electron chi connectivity index (χ2n) is 3.05.